The van der Waals surface area contributed by atoms with Crippen molar-refractivity contribution in [2.24, 2.45) is 0 Å². The molecular formula is C11H16N2O3S. The Morgan fingerprint density at radius 1 is 1.47 bits per heavy atom. The Hall–Kier alpha value is -1.11. The zero-order valence-electron chi connectivity index (χ0n) is 9.72. The molecule has 1 aliphatic heterocycles. The molecule has 1 heterocycles. The van der Waals surface area contributed by atoms with Crippen LogP contribution in [0.15, 0.2) is 23.1 Å². The van der Waals surface area contributed by atoms with Crippen LogP contribution >= 0.6 is 0 Å². The van der Waals surface area contributed by atoms with Crippen molar-refractivity contribution in [2.75, 3.05) is 18.9 Å². The summed E-state index contributed by atoms with van der Waals surface area (Å²) >= 11 is 0. The van der Waals surface area contributed by atoms with Gasteiger partial charge in [0.25, 0.3) is 10.0 Å². The molecule has 2 rings (SSSR count). The second-order valence-electron chi connectivity index (χ2n) is 3.93. The van der Waals surface area contributed by atoms with Crippen LogP contribution in [0.2, 0.25) is 0 Å². The zero-order valence-corrected chi connectivity index (χ0v) is 10.5. The van der Waals surface area contributed by atoms with Gasteiger partial charge in [0.15, 0.2) is 0 Å². The summed E-state index contributed by atoms with van der Waals surface area (Å²) in [4.78, 5) is 5.26. The van der Waals surface area contributed by atoms with E-state index in [9.17, 15) is 8.42 Å². The van der Waals surface area contributed by atoms with E-state index < -0.39 is 10.0 Å². The fraction of sp³-hybridized carbons (Fsp3) is 0.455. The van der Waals surface area contributed by atoms with E-state index in [-0.39, 0.29) is 4.90 Å². The van der Waals surface area contributed by atoms with Crippen molar-refractivity contribution in [2.45, 2.75) is 24.7 Å². The Labute approximate surface area is 101 Å². The number of rotatable bonds is 3. The van der Waals surface area contributed by atoms with Crippen molar-refractivity contribution in [1.82, 2.24) is 4.47 Å². The third-order valence-electron chi connectivity index (χ3n) is 2.78. The number of benzene rings is 1. The van der Waals surface area contributed by atoms with E-state index in [4.69, 9.17) is 10.6 Å². The summed E-state index contributed by atoms with van der Waals surface area (Å²) in [6.45, 7) is 2.82. The van der Waals surface area contributed by atoms with E-state index in [0.29, 0.717) is 18.8 Å². The molecule has 0 unspecified atom stereocenters. The first-order valence-electron chi connectivity index (χ1n) is 5.59. The van der Waals surface area contributed by atoms with E-state index in [1.807, 2.05) is 6.92 Å². The summed E-state index contributed by atoms with van der Waals surface area (Å²) < 4.78 is 25.3. The topological polar surface area (TPSA) is 72.6 Å². The molecule has 0 atom stereocenters. The molecule has 0 spiro atoms. The van der Waals surface area contributed by atoms with Crippen molar-refractivity contribution in [1.29, 1.82) is 0 Å². The molecule has 1 aliphatic rings. The largest absolute Gasteiger partial charge is 0.398 e. The number of nitrogens with two attached hydrogens (primary N) is 1. The highest BCUT2D eigenvalue weighted by molar-refractivity contribution is 7.89. The van der Waals surface area contributed by atoms with Crippen LogP contribution in [0.25, 0.3) is 0 Å². The van der Waals surface area contributed by atoms with Gasteiger partial charge in [-0.15, -0.1) is 0 Å². The maximum atomic E-state index is 12.1. The molecule has 5 nitrogen and oxygen atoms in total. The second kappa shape index (κ2) is 4.64. The molecule has 17 heavy (non-hydrogen) atoms. The van der Waals surface area contributed by atoms with Gasteiger partial charge in [-0.3, -0.25) is 4.84 Å². The molecule has 1 aromatic carbocycles. The number of aryl methyl sites for hydroxylation is 1. The van der Waals surface area contributed by atoms with Crippen molar-refractivity contribution < 1.29 is 13.3 Å². The van der Waals surface area contributed by atoms with Gasteiger partial charge in [0.2, 0.25) is 0 Å². The number of sulfonamides is 1. The van der Waals surface area contributed by atoms with Gasteiger partial charge in [-0.05, 0) is 30.5 Å². The van der Waals surface area contributed by atoms with E-state index in [2.05, 4.69) is 0 Å². The standard InChI is InChI=1S/C11H16N2O3S/c1-2-9-4-5-10(8-11(9)12)17(14,15)13-6-3-7-16-13/h4-5,8H,2-3,6-7,12H2,1H3. The highest BCUT2D eigenvalue weighted by Gasteiger charge is 2.28. The molecule has 6 heteroatoms. The fourth-order valence-electron chi connectivity index (χ4n) is 1.79. The first-order chi connectivity index (χ1) is 8.05. The van der Waals surface area contributed by atoms with E-state index >= 15 is 0 Å². The Kier molecular flexibility index (Phi) is 3.37. The highest BCUT2D eigenvalue weighted by atomic mass is 32.2. The smallest absolute Gasteiger partial charge is 0.265 e. The van der Waals surface area contributed by atoms with Gasteiger partial charge in [-0.25, -0.2) is 8.42 Å². The van der Waals surface area contributed by atoms with Gasteiger partial charge in [0, 0.05) is 12.2 Å². The van der Waals surface area contributed by atoms with E-state index in [1.54, 1.807) is 12.1 Å². The molecule has 0 bridgehead atoms. The van der Waals surface area contributed by atoms with Gasteiger partial charge < -0.3 is 5.73 Å². The maximum Gasteiger partial charge on any atom is 0.265 e. The summed E-state index contributed by atoms with van der Waals surface area (Å²) in [7, 11) is -3.56. The molecule has 1 aromatic rings. The minimum Gasteiger partial charge on any atom is -0.398 e. The summed E-state index contributed by atoms with van der Waals surface area (Å²) in [6.07, 6.45) is 1.51. The Balaban J connectivity index is 2.36. The number of anilines is 1. The lowest BCUT2D eigenvalue weighted by Gasteiger charge is -2.15. The van der Waals surface area contributed by atoms with Crippen LogP contribution in [-0.4, -0.2) is 26.0 Å². The molecule has 0 radical (unpaired) electrons. The average Bonchev–Trinajstić information content (AvgIpc) is 2.83. The highest BCUT2D eigenvalue weighted by Crippen LogP contribution is 2.23. The Bertz CT molecular complexity index is 507. The van der Waals surface area contributed by atoms with Gasteiger partial charge in [-0.2, -0.15) is 0 Å². The average molecular weight is 256 g/mol. The van der Waals surface area contributed by atoms with Gasteiger partial charge in [0.05, 0.1) is 11.5 Å². The van der Waals surface area contributed by atoms with E-state index in [0.717, 1.165) is 22.9 Å². The molecule has 0 aliphatic carbocycles. The first-order valence-corrected chi connectivity index (χ1v) is 7.03. The monoisotopic (exact) mass is 256 g/mol. The van der Waals surface area contributed by atoms with Crippen LogP contribution in [0.1, 0.15) is 18.9 Å². The molecule has 1 saturated heterocycles. The molecule has 94 valence electrons. The third kappa shape index (κ3) is 2.29. The zero-order chi connectivity index (χ0) is 12.5. The van der Waals surface area contributed by atoms with E-state index in [1.165, 1.54) is 6.07 Å². The molecule has 0 saturated carbocycles. The number of hydrogen-bond donors (Lipinski definition) is 1. The van der Waals surface area contributed by atoms with Crippen LogP contribution in [0, 0.1) is 0 Å². The number of nitrogens with zero attached hydrogens (tertiary/aromatic N) is 1. The van der Waals surface area contributed by atoms with Crippen LogP contribution in [-0.2, 0) is 21.3 Å². The first kappa shape index (κ1) is 12.3. The van der Waals surface area contributed by atoms with Crippen LogP contribution < -0.4 is 5.73 Å². The second-order valence-corrected chi connectivity index (χ2v) is 5.76. The van der Waals surface area contributed by atoms with Crippen LogP contribution in [0.4, 0.5) is 5.69 Å². The predicted molar refractivity (Wildman–Crippen MR) is 64.7 cm³/mol. The lowest BCUT2D eigenvalue weighted by Crippen LogP contribution is -2.26. The molecule has 2 N–H and O–H groups in total. The summed E-state index contributed by atoms with van der Waals surface area (Å²) in [5.41, 5.74) is 7.26. The minimum atomic E-state index is -3.56. The lowest BCUT2D eigenvalue weighted by atomic mass is 10.1. The van der Waals surface area contributed by atoms with Crippen molar-refractivity contribution >= 4 is 15.7 Å². The number of nitrogen functional groups attached to an aromatic ring is 1. The van der Waals surface area contributed by atoms with Crippen molar-refractivity contribution in [3.63, 3.8) is 0 Å². The Morgan fingerprint density at radius 3 is 2.76 bits per heavy atom. The van der Waals surface area contributed by atoms with Crippen LogP contribution in [0.3, 0.4) is 0 Å². The Morgan fingerprint density at radius 2 is 2.24 bits per heavy atom. The molecule has 0 amide bonds. The molecular weight excluding hydrogens is 240 g/mol. The maximum absolute atomic E-state index is 12.1. The van der Waals surface area contributed by atoms with Gasteiger partial charge >= 0.3 is 0 Å². The van der Waals surface area contributed by atoms with Crippen LogP contribution in [0.5, 0.6) is 0 Å². The summed E-state index contributed by atoms with van der Waals surface area (Å²) in [5.74, 6) is 0. The predicted octanol–water partition coefficient (Wildman–Crippen LogP) is 1.16. The van der Waals surface area contributed by atoms with Crippen molar-refractivity contribution in [3.8, 4) is 0 Å². The minimum absolute atomic E-state index is 0.189. The quantitative estimate of drug-likeness (QED) is 0.824. The number of hydrogen-bond acceptors (Lipinski definition) is 4. The van der Waals surface area contributed by atoms with Gasteiger partial charge in [-0.1, -0.05) is 17.5 Å². The fourth-order valence-corrected chi connectivity index (χ4v) is 3.12. The summed E-state index contributed by atoms with van der Waals surface area (Å²) in [6, 6.07) is 4.82. The molecule has 1 fully saturated rings. The third-order valence-corrected chi connectivity index (χ3v) is 4.46. The van der Waals surface area contributed by atoms with Gasteiger partial charge in [0.1, 0.15) is 0 Å². The number of hydroxylamine groups is 1. The normalized spacial score (nSPS) is 17.5. The lowest BCUT2D eigenvalue weighted by molar-refractivity contribution is -0.0284. The molecule has 0 aromatic heterocycles. The SMILES string of the molecule is CCc1ccc(S(=O)(=O)N2CCCO2)cc1N. The summed E-state index contributed by atoms with van der Waals surface area (Å²) in [5, 5.41) is 0. The van der Waals surface area contributed by atoms with Crippen molar-refractivity contribution in [3.05, 3.63) is 23.8 Å².